The van der Waals surface area contributed by atoms with Crippen LogP contribution in [0.3, 0.4) is 0 Å². The van der Waals surface area contributed by atoms with Gasteiger partial charge in [-0.3, -0.25) is 0 Å². The van der Waals surface area contributed by atoms with E-state index in [1.807, 2.05) is 13.1 Å². The van der Waals surface area contributed by atoms with Crippen molar-refractivity contribution in [3.05, 3.63) is 52.7 Å². The second-order valence-electron chi connectivity index (χ2n) is 4.82. The van der Waals surface area contributed by atoms with Crippen LogP contribution in [0, 0.1) is 5.82 Å². The van der Waals surface area contributed by atoms with Crippen LogP contribution in [0.15, 0.2) is 24.3 Å². The molecule has 1 N–H and O–H groups in total. The van der Waals surface area contributed by atoms with E-state index in [1.54, 1.807) is 6.07 Å². The number of benzene rings is 1. The minimum Gasteiger partial charge on any atom is -0.373 e. The highest BCUT2D eigenvalue weighted by Crippen LogP contribution is 2.26. The zero-order valence-corrected chi connectivity index (χ0v) is 10.9. The van der Waals surface area contributed by atoms with Gasteiger partial charge in [-0.15, -0.1) is 0 Å². The lowest BCUT2D eigenvalue weighted by Gasteiger charge is -2.09. The third-order valence-corrected chi connectivity index (χ3v) is 3.47. The molecular weight excluding hydrogens is 241 g/mol. The fraction of sp³-hybridized carbons (Fsp3) is 0.333. The van der Waals surface area contributed by atoms with Crippen molar-refractivity contribution >= 4 is 5.82 Å². The topological polar surface area (TPSA) is 37.8 Å². The molecule has 3 nitrogen and oxygen atoms in total. The van der Waals surface area contributed by atoms with Gasteiger partial charge in [0.25, 0.3) is 0 Å². The Hall–Kier alpha value is -1.97. The lowest BCUT2D eigenvalue weighted by molar-refractivity contribution is 0.625. The molecule has 1 aromatic carbocycles. The number of rotatable bonds is 3. The fourth-order valence-corrected chi connectivity index (χ4v) is 2.60. The molecule has 19 heavy (non-hydrogen) atoms. The first kappa shape index (κ1) is 12.1. The summed E-state index contributed by atoms with van der Waals surface area (Å²) in [6.45, 7) is 0. The predicted molar refractivity (Wildman–Crippen MR) is 72.8 cm³/mol. The van der Waals surface area contributed by atoms with E-state index in [0.29, 0.717) is 6.42 Å². The quantitative estimate of drug-likeness (QED) is 0.918. The van der Waals surface area contributed by atoms with Crippen LogP contribution in [0.25, 0.3) is 0 Å². The molecule has 1 aromatic heterocycles. The van der Waals surface area contributed by atoms with Crippen molar-refractivity contribution in [3.8, 4) is 0 Å². The number of aromatic nitrogens is 2. The van der Waals surface area contributed by atoms with Gasteiger partial charge in [-0.1, -0.05) is 12.1 Å². The molecule has 1 aliphatic carbocycles. The SMILES string of the molecule is CNc1nc(Cc2cccc(F)c2)nc2c1CCC2. The van der Waals surface area contributed by atoms with Crippen LogP contribution < -0.4 is 5.32 Å². The molecule has 0 aliphatic heterocycles. The summed E-state index contributed by atoms with van der Waals surface area (Å²) in [5.41, 5.74) is 3.29. The van der Waals surface area contributed by atoms with E-state index in [1.165, 1.54) is 17.7 Å². The number of nitrogens with zero attached hydrogens (tertiary/aromatic N) is 2. The minimum absolute atomic E-state index is 0.215. The number of aryl methyl sites for hydroxylation is 1. The maximum absolute atomic E-state index is 13.2. The number of nitrogens with one attached hydrogen (secondary N) is 1. The monoisotopic (exact) mass is 257 g/mol. The summed E-state index contributed by atoms with van der Waals surface area (Å²) in [4.78, 5) is 9.16. The molecule has 2 aromatic rings. The highest BCUT2D eigenvalue weighted by molar-refractivity contribution is 5.48. The second kappa shape index (κ2) is 4.96. The molecule has 1 aliphatic rings. The van der Waals surface area contributed by atoms with E-state index in [-0.39, 0.29) is 5.82 Å². The first-order valence-corrected chi connectivity index (χ1v) is 6.57. The first-order chi connectivity index (χ1) is 9.26. The number of halogens is 1. The summed E-state index contributed by atoms with van der Waals surface area (Å²) in [6.07, 6.45) is 3.77. The lowest BCUT2D eigenvalue weighted by atomic mass is 10.1. The molecule has 0 bridgehead atoms. The summed E-state index contributed by atoms with van der Waals surface area (Å²) in [6, 6.07) is 6.61. The molecule has 0 atom stereocenters. The molecule has 3 rings (SSSR count). The zero-order valence-electron chi connectivity index (χ0n) is 10.9. The van der Waals surface area contributed by atoms with E-state index >= 15 is 0 Å². The van der Waals surface area contributed by atoms with Crippen LogP contribution in [0.4, 0.5) is 10.2 Å². The molecule has 0 spiro atoms. The van der Waals surface area contributed by atoms with Crippen molar-refractivity contribution in [1.82, 2.24) is 9.97 Å². The Morgan fingerprint density at radius 2 is 2.16 bits per heavy atom. The highest BCUT2D eigenvalue weighted by Gasteiger charge is 2.18. The van der Waals surface area contributed by atoms with E-state index in [9.17, 15) is 4.39 Å². The van der Waals surface area contributed by atoms with Crippen molar-refractivity contribution in [3.63, 3.8) is 0 Å². The molecule has 98 valence electrons. The Morgan fingerprint density at radius 1 is 1.26 bits per heavy atom. The minimum atomic E-state index is -0.215. The van der Waals surface area contributed by atoms with Gasteiger partial charge in [0.1, 0.15) is 17.5 Å². The summed E-state index contributed by atoms with van der Waals surface area (Å²) in [7, 11) is 1.88. The predicted octanol–water partition coefficient (Wildman–Crippen LogP) is 2.74. The van der Waals surface area contributed by atoms with Crippen molar-refractivity contribution in [2.75, 3.05) is 12.4 Å². The summed E-state index contributed by atoms with van der Waals surface area (Å²) in [5.74, 6) is 1.47. The van der Waals surface area contributed by atoms with E-state index in [4.69, 9.17) is 0 Å². The number of anilines is 1. The molecule has 0 unspecified atom stereocenters. The standard InChI is InChI=1S/C15H16FN3/c1-17-15-12-6-3-7-13(12)18-14(19-15)9-10-4-2-5-11(16)8-10/h2,4-5,8H,3,6-7,9H2,1H3,(H,17,18,19). The van der Waals surface area contributed by atoms with Crippen molar-refractivity contribution in [2.24, 2.45) is 0 Å². The van der Waals surface area contributed by atoms with Crippen LogP contribution in [0.1, 0.15) is 29.1 Å². The molecule has 0 saturated heterocycles. The van der Waals surface area contributed by atoms with Crippen LogP contribution in [-0.2, 0) is 19.3 Å². The molecule has 0 amide bonds. The maximum Gasteiger partial charge on any atom is 0.135 e. The summed E-state index contributed by atoms with van der Waals surface area (Å²) < 4.78 is 13.2. The smallest absolute Gasteiger partial charge is 0.135 e. The third-order valence-electron chi connectivity index (χ3n) is 3.47. The maximum atomic E-state index is 13.2. The first-order valence-electron chi connectivity index (χ1n) is 6.57. The third kappa shape index (κ3) is 2.43. The van der Waals surface area contributed by atoms with Crippen molar-refractivity contribution < 1.29 is 4.39 Å². The molecule has 1 heterocycles. The number of hydrogen-bond acceptors (Lipinski definition) is 3. The van der Waals surface area contributed by atoms with Gasteiger partial charge in [-0.25, -0.2) is 14.4 Å². The van der Waals surface area contributed by atoms with Gasteiger partial charge in [-0.05, 0) is 37.0 Å². The van der Waals surface area contributed by atoms with Crippen LogP contribution in [0.2, 0.25) is 0 Å². The number of hydrogen-bond donors (Lipinski definition) is 1. The van der Waals surface area contributed by atoms with Crippen molar-refractivity contribution in [1.29, 1.82) is 0 Å². The molecule has 4 heteroatoms. The largest absolute Gasteiger partial charge is 0.373 e. The van der Waals surface area contributed by atoms with Crippen molar-refractivity contribution in [2.45, 2.75) is 25.7 Å². The molecule has 0 radical (unpaired) electrons. The molecular formula is C15H16FN3. The van der Waals surface area contributed by atoms with Gasteiger partial charge >= 0.3 is 0 Å². The van der Waals surface area contributed by atoms with Gasteiger partial charge < -0.3 is 5.32 Å². The summed E-state index contributed by atoms with van der Waals surface area (Å²) >= 11 is 0. The van der Waals surface area contributed by atoms with Crippen LogP contribution in [0.5, 0.6) is 0 Å². The van der Waals surface area contributed by atoms with Gasteiger partial charge in [0.2, 0.25) is 0 Å². The normalized spacial score (nSPS) is 13.4. The Morgan fingerprint density at radius 3 is 2.95 bits per heavy atom. The highest BCUT2D eigenvalue weighted by atomic mass is 19.1. The van der Waals surface area contributed by atoms with Gasteiger partial charge in [0.05, 0.1) is 0 Å². The zero-order chi connectivity index (χ0) is 13.2. The van der Waals surface area contributed by atoms with E-state index < -0.39 is 0 Å². The van der Waals surface area contributed by atoms with Crippen LogP contribution in [-0.4, -0.2) is 17.0 Å². The van der Waals surface area contributed by atoms with Gasteiger partial charge in [0.15, 0.2) is 0 Å². The van der Waals surface area contributed by atoms with E-state index in [0.717, 1.165) is 42.2 Å². The Balaban J connectivity index is 1.93. The molecule has 0 fully saturated rings. The lowest BCUT2D eigenvalue weighted by Crippen LogP contribution is -2.06. The molecule has 0 saturated carbocycles. The van der Waals surface area contributed by atoms with Gasteiger partial charge in [-0.2, -0.15) is 0 Å². The van der Waals surface area contributed by atoms with E-state index in [2.05, 4.69) is 15.3 Å². The Kier molecular flexibility index (Phi) is 3.15. The summed E-state index contributed by atoms with van der Waals surface area (Å²) in [5, 5.41) is 3.14. The average molecular weight is 257 g/mol. The number of fused-ring (bicyclic) bond motifs is 1. The Bertz CT molecular complexity index is 610. The fourth-order valence-electron chi connectivity index (χ4n) is 2.60. The second-order valence-corrected chi connectivity index (χ2v) is 4.82. The average Bonchev–Trinajstić information content (AvgIpc) is 2.86. The van der Waals surface area contributed by atoms with Gasteiger partial charge in [0, 0.05) is 24.7 Å². The van der Waals surface area contributed by atoms with Crippen LogP contribution >= 0.6 is 0 Å². The Labute approximate surface area is 111 Å².